The zero-order chi connectivity index (χ0) is 13.3. The first-order valence-electron chi connectivity index (χ1n) is 5.63. The third-order valence-electron chi connectivity index (χ3n) is 3.01. The van der Waals surface area contributed by atoms with Gasteiger partial charge in [-0.05, 0) is 31.5 Å². The third kappa shape index (κ3) is 2.75. The van der Waals surface area contributed by atoms with Gasteiger partial charge in [-0.3, -0.25) is 0 Å². The summed E-state index contributed by atoms with van der Waals surface area (Å²) in [5, 5.41) is 2.77. The molecule has 0 aromatic heterocycles. The molecule has 1 aliphatic heterocycles. The molecule has 0 radical (unpaired) electrons. The average molecular weight is 263 g/mol. The molecular formula is C12H13F4NO. The van der Waals surface area contributed by atoms with Gasteiger partial charge in [-0.25, -0.2) is 4.39 Å². The van der Waals surface area contributed by atoms with E-state index in [1.54, 1.807) is 6.92 Å². The molecule has 0 bridgehead atoms. The van der Waals surface area contributed by atoms with E-state index in [1.807, 2.05) is 0 Å². The Balaban J connectivity index is 2.21. The second kappa shape index (κ2) is 4.76. The topological polar surface area (TPSA) is 21.3 Å². The van der Waals surface area contributed by atoms with Crippen molar-refractivity contribution in [2.24, 2.45) is 0 Å². The van der Waals surface area contributed by atoms with Crippen LogP contribution < -0.4 is 5.32 Å². The molecule has 1 N–H and O–H groups in total. The summed E-state index contributed by atoms with van der Waals surface area (Å²) in [5.74, 6) is -0.692. The summed E-state index contributed by atoms with van der Waals surface area (Å²) in [7, 11) is 0. The Kier molecular flexibility index (Phi) is 3.47. The average Bonchev–Trinajstić information content (AvgIpc) is 2.66. The summed E-state index contributed by atoms with van der Waals surface area (Å²) in [4.78, 5) is 0. The highest BCUT2D eigenvalue weighted by Gasteiger charge is 2.32. The Bertz CT molecular complexity index is 433. The number of nitrogens with one attached hydrogen (secondary N) is 1. The fourth-order valence-corrected chi connectivity index (χ4v) is 1.93. The van der Waals surface area contributed by atoms with E-state index in [1.165, 1.54) is 0 Å². The maximum Gasteiger partial charge on any atom is 0.416 e. The van der Waals surface area contributed by atoms with Crippen molar-refractivity contribution in [1.82, 2.24) is 0 Å². The molecule has 2 rings (SSSR count). The van der Waals surface area contributed by atoms with Gasteiger partial charge in [-0.1, -0.05) is 0 Å². The lowest BCUT2D eigenvalue weighted by Crippen LogP contribution is -2.27. The smallest absolute Gasteiger partial charge is 0.377 e. The number of hydrogen-bond donors (Lipinski definition) is 1. The number of alkyl halides is 3. The Morgan fingerprint density at radius 3 is 2.61 bits per heavy atom. The molecule has 6 heteroatoms. The predicted octanol–water partition coefficient (Wildman–Crippen LogP) is 3.43. The normalized spacial score (nSPS) is 24.3. The molecule has 2 nitrogen and oxygen atoms in total. The molecule has 0 amide bonds. The van der Waals surface area contributed by atoms with Crippen molar-refractivity contribution in [3.8, 4) is 0 Å². The Morgan fingerprint density at radius 2 is 2.06 bits per heavy atom. The van der Waals surface area contributed by atoms with Gasteiger partial charge in [0.15, 0.2) is 0 Å². The van der Waals surface area contributed by atoms with Crippen LogP contribution in [0, 0.1) is 5.82 Å². The van der Waals surface area contributed by atoms with Crippen LogP contribution in [0.4, 0.5) is 23.2 Å². The lowest BCUT2D eigenvalue weighted by Gasteiger charge is -2.19. The van der Waals surface area contributed by atoms with Crippen molar-refractivity contribution in [2.45, 2.75) is 31.7 Å². The fourth-order valence-electron chi connectivity index (χ4n) is 1.93. The molecule has 2 unspecified atom stereocenters. The van der Waals surface area contributed by atoms with Crippen LogP contribution in [-0.2, 0) is 10.9 Å². The summed E-state index contributed by atoms with van der Waals surface area (Å²) < 4.78 is 56.3. The van der Waals surface area contributed by atoms with Crippen molar-refractivity contribution >= 4 is 5.69 Å². The zero-order valence-electron chi connectivity index (χ0n) is 9.72. The molecule has 0 spiro atoms. The van der Waals surface area contributed by atoms with Gasteiger partial charge in [0.05, 0.1) is 23.4 Å². The standard InChI is InChI=1S/C12H13F4NO/c1-7-10(4-5-18-7)17-11-6-8(12(14,15)16)2-3-9(11)13/h2-3,6-7,10,17H,4-5H2,1H3. The van der Waals surface area contributed by atoms with Gasteiger partial charge in [0.2, 0.25) is 0 Å². The van der Waals surface area contributed by atoms with E-state index < -0.39 is 17.6 Å². The first-order chi connectivity index (χ1) is 8.38. The van der Waals surface area contributed by atoms with Gasteiger partial charge in [0, 0.05) is 6.61 Å². The SMILES string of the molecule is CC1OCCC1Nc1cc(C(F)(F)F)ccc1F. The van der Waals surface area contributed by atoms with E-state index in [-0.39, 0.29) is 17.8 Å². The second-order valence-electron chi connectivity index (χ2n) is 4.31. The first kappa shape index (κ1) is 13.1. The molecule has 1 saturated heterocycles. The predicted molar refractivity (Wildman–Crippen MR) is 58.8 cm³/mol. The van der Waals surface area contributed by atoms with Crippen LogP contribution in [-0.4, -0.2) is 18.8 Å². The van der Waals surface area contributed by atoms with E-state index in [0.29, 0.717) is 13.0 Å². The Morgan fingerprint density at radius 1 is 1.33 bits per heavy atom. The van der Waals surface area contributed by atoms with Gasteiger partial charge >= 0.3 is 6.18 Å². The molecule has 0 saturated carbocycles. The second-order valence-corrected chi connectivity index (χ2v) is 4.31. The summed E-state index contributed by atoms with van der Waals surface area (Å²) in [6.45, 7) is 2.33. The van der Waals surface area contributed by atoms with Crippen molar-refractivity contribution in [3.63, 3.8) is 0 Å². The van der Waals surface area contributed by atoms with Gasteiger partial charge in [-0.15, -0.1) is 0 Å². The van der Waals surface area contributed by atoms with Gasteiger partial charge < -0.3 is 10.1 Å². The molecule has 1 aliphatic rings. The molecule has 100 valence electrons. The van der Waals surface area contributed by atoms with Crippen molar-refractivity contribution in [2.75, 3.05) is 11.9 Å². The van der Waals surface area contributed by atoms with Crippen LogP contribution >= 0.6 is 0 Å². The van der Waals surface area contributed by atoms with Crippen LogP contribution in [0.15, 0.2) is 18.2 Å². The van der Waals surface area contributed by atoms with E-state index in [0.717, 1.165) is 18.2 Å². The maximum atomic E-state index is 13.5. The van der Waals surface area contributed by atoms with Gasteiger partial charge in [0.1, 0.15) is 5.82 Å². The quantitative estimate of drug-likeness (QED) is 0.825. The Hall–Kier alpha value is -1.30. The highest BCUT2D eigenvalue weighted by molar-refractivity contribution is 5.49. The van der Waals surface area contributed by atoms with Crippen LogP contribution in [0.5, 0.6) is 0 Å². The lowest BCUT2D eigenvalue weighted by molar-refractivity contribution is -0.137. The zero-order valence-corrected chi connectivity index (χ0v) is 9.72. The minimum absolute atomic E-state index is 0.132. The molecule has 1 fully saturated rings. The number of anilines is 1. The van der Waals surface area contributed by atoms with Crippen molar-refractivity contribution < 1.29 is 22.3 Å². The van der Waals surface area contributed by atoms with E-state index in [9.17, 15) is 17.6 Å². The highest BCUT2D eigenvalue weighted by atomic mass is 19.4. The molecule has 1 heterocycles. The monoisotopic (exact) mass is 263 g/mol. The van der Waals surface area contributed by atoms with E-state index in [2.05, 4.69) is 5.32 Å². The van der Waals surface area contributed by atoms with Crippen LogP contribution in [0.1, 0.15) is 18.9 Å². The highest BCUT2D eigenvalue weighted by Crippen LogP contribution is 2.32. The number of benzene rings is 1. The minimum atomic E-state index is -4.47. The number of hydrogen-bond acceptors (Lipinski definition) is 2. The first-order valence-corrected chi connectivity index (χ1v) is 5.63. The van der Waals surface area contributed by atoms with E-state index >= 15 is 0 Å². The van der Waals surface area contributed by atoms with Gasteiger partial charge in [-0.2, -0.15) is 13.2 Å². The van der Waals surface area contributed by atoms with Crippen molar-refractivity contribution in [3.05, 3.63) is 29.6 Å². The van der Waals surface area contributed by atoms with E-state index in [4.69, 9.17) is 4.74 Å². The van der Waals surface area contributed by atoms with Gasteiger partial charge in [0.25, 0.3) is 0 Å². The fraction of sp³-hybridized carbons (Fsp3) is 0.500. The number of halogens is 4. The molecule has 18 heavy (non-hydrogen) atoms. The lowest BCUT2D eigenvalue weighted by atomic mass is 10.1. The van der Waals surface area contributed by atoms with Crippen LogP contribution in [0.25, 0.3) is 0 Å². The summed E-state index contributed by atoms with van der Waals surface area (Å²) >= 11 is 0. The largest absolute Gasteiger partial charge is 0.416 e. The Labute approximate surface area is 102 Å². The van der Waals surface area contributed by atoms with Crippen LogP contribution in [0.2, 0.25) is 0 Å². The molecule has 0 aliphatic carbocycles. The summed E-state index contributed by atoms with van der Waals surface area (Å²) in [6, 6.07) is 2.18. The summed E-state index contributed by atoms with van der Waals surface area (Å²) in [6.07, 6.45) is -3.96. The van der Waals surface area contributed by atoms with Crippen LogP contribution in [0.3, 0.4) is 0 Å². The number of rotatable bonds is 2. The molecule has 1 aromatic rings. The number of ether oxygens (including phenoxy) is 1. The third-order valence-corrected chi connectivity index (χ3v) is 3.01. The van der Waals surface area contributed by atoms with Crippen molar-refractivity contribution in [1.29, 1.82) is 0 Å². The molecule has 2 atom stereocenters. The molecular weight excluding hydrogens is 250 g/mol. The maximum absolute atomic E-state index is 13.5. The minimum Gasteiger partial charge on any atom is -0.377 e. The summed E-state index contributed by atoms with van der Waals surface area (Å²) in [5.41, 5.74) is -0.995. The molecule has 1 aromatic carbocycles.